The molecule has 0 saturated heterocycles. The fraction of sp³-hybridized carbons (Fsp3) is 0. The summed E-state index contributed by atoms with van der Waals surface area (Å²) in [7, 11) is 0. The molecule has 4 N–H and O–H groups in total. The van der Waals surface area contributed by atoms with E-state index in [0.717, 1.165) is 0 Å². The normalized spacial score (nSPS) is 10.5. The maximum atomic E-state index is 12.0. The van der Waals surface area contributed by atoms with Gasteiger partial charge in [-0.3, -0.25) is 14.6 Å². The molecule has 2 aromatic heterocycles. The molecule has 0 spiro atoms. The highest BCUT2D eigenvalue weighted by molar-refractivity contribution is 7.81. The summed E-state index contributed by atoms with van der Waals surface area (Å²) < 4.78 is 0.165. The van der Waals surface area contributed by atoms with Crippen LogP contribution in [0.25, 0.3) is 10.9 Å². The molecule has 0 fully saturated rings. The third-order valence-electron chi connectivity index (χ3n) is 2.84. The van der Waals surface area contributed by atoms with Crippen molar-refractivity contribution >= 4 is 46.1 Å². The number of rotatable bonds is 2. The standard InChI is InChI=1S/C13H9N5O2S2/c19-9-5-8(16-13(22)17-9)15-12(21)10-14-7-4-2-1-3-6(7)11(20)18-10/h1-5H,(H,14,18,20)(H3,15,16,17,19,21,22). The average molecular weight is 331 g/mol. The fourth-order valence-electron chi connectivity index (χ4n) is 1.91. The lowest BCUT2D eigenvalue weighted by atomic mass is 10.2. The van der Waals surface area contributed by atoms with E-state index >= 15 is 0 Å². The quantitative estimate of drug-likeness (QED) is 0.530. The van der Waals surface area contributed by atoms with E-state index in [9.17, 15) is 9.59 Å². The van der Waals surface area contributed by atoms with Crippen LogP contribution in [0.5, 0.6) is 0 Å². The van der Waals surface area contributed by atoms with Gasteiger partial charge in [-0.25, -0.2) is 4.98 Å². The molecule has 0 amide bonds. The Morgan fingerprint density at radius 1 is 1.14 bits per heavy atom. The van der Waals surface area contributed by atoms with Gasteiger partial charge in [-0.2, -0.15) is 0 Å². The number of fused-ring (bicyclic) bond motifs is 1. The van der Waals surface area contributed by atoms with Crippen molar-refractivity contribution in [2.45, 2.75) is 0 Å². The van der Waals surface area contributed by atoms with Gasteiger partial charge in [0, 0.05) is 6.07 Å². The van der Waals surface area contributed by atoms with Crippen LogP contribution in [0.15, 0.2) is 39.9 Å². The molecule has 9 heteroatoms. The molecule has 3 rings (SSSR count). The number of aromatic nitrogens is 4. The zero-order valence-corrected chi connectivity index (χ0v) is 12.6. The number of thiocarbonyl (C=S) groups is 1. The lowest BCUT2D eigenvalue weighted by molar-refractivity contribution is 1.09. The third-order valence-corrected chi connectivity index (χ3v) is 3.34. The second kappa shape index (κ2) is 5.62. The number of para-hydroxylation sites is 1. The van der Waals surface area contributed by atoms with Gasteiger partial charge in [0.1, 0.15) is 10.8 Å². The second-order valence-electron chi connectivity index (χ2n) is 4.39. The Kier molecular flexibility index (Phi) is 3.65. The molecule has 0 aliphatic carbocycles. The molecule has 0 saturated carbocycles. The number of anilines is 1. The summed E-state index contributed by atoms with van der Waals surface area (Å²) >= 11 is 10.1. The van der Waals surface area contributed by atoms with E-state index in [-0.39, 0.29) is 26.7 Å². The molecule has 1 aromatic carbocycles. The molecule has 0 aliphatic rings. The van der Waals surface area contributed by atoms with Crippen LogP contribution in [0.1, 0.15) is 5.82 Å². The maximum Gasteiger partial charge on any atom is 0.259 e. The second-order valence-corrected chi connectivity index (χ2v) is 5.20. The van der Waals surface area contributed by atoms with Crippen molar-refractivity contribution < 1.29 is 0 Å². The average Bonchev–Trinajstić information content (AvgIpc) is 2.46. The molecule has 110 valence electrons. The van der Waals surface area contributed by atoms with Crippen molar-refractivity contribution in [2.75, 3.05) is 5.32 Å². The monoisotopic (exact) mass is 331 g/mol. The molecule has 0 unspecified atom stereocenters. The van der Waals surface area contributed by atoms with Gasteiger partial charge in [-0.15, -0.1) is 0 Å². The topological polar surface area (TPSA) is 106 Å². The lowest BCUT2D eigenvalue weighted by Gasteiger charge is -2.07. The molecule has 0 radical (unpaired) electrons. The Hall–Kier alpha value is -2.65. The van der Waals surface area contributed by atoms with Crippen molar-refractivity contribution in [1.82, 2.24) is 19.9 Å². The summed E-state index contributed by atoms with van der Waals surface area (Å²) in [6, 6.07) is 8.20. The number of hydrogen-bond donors (Lipinski definition) is 4. The van der Waals surface area contributed by atoms with Crippen LogP contribution in [-0.2, 0) is 0 Å². The minimum Gasteiger partial charge on any atom is -0.330 e. The highest BCUT2D eigenvalue weighted by Crippen LogP contribution is 2.07. The van der Waals surface area contributed by atoms with Gasteiger partial charge in [0.2, 0.25) is 0 Å². The lowest BCUT2D eigenvalue weighted by Crippen LogP contribution is -2.21. The van der Waals surface area contributed by atoms with Crippen molar-refractivity contribution in [1.29, 1.82) is 0 Å². The first-order valence-electron chi connectivity index (χ1n) is 6.17. The Balaban J connectivity index is 2.00. The molecular weight excluding hydrogens is 322 g/mol. The van der Waals surface area contributed by atoms with Crippen molar-refractivity contribution in [2.24, 2.45) is 0 Å². The van der Waals surface area contributed by atoms with Crippen LogP contribution >= 0.6 is 24.4 Å². The van der Waals surface area contributed by atoms with E-state index in [1.807, 2.05) is 0 Å². The summed E-state index contributed by atoms with van der Waals surface area (Å²) in [6.07, 6.45) is 0. The summed E-state index contributed by atoms with van der Waals surface area (Å²) in [5, 5.41) is 3.26. The van der Waals surface area contributed by atoms with Crippen LogP contribution in [0.2, 0.25) is 0 Å². The number of nitrogens with zero attached hydrogens (tertiary/aromatic N) is 1. The maximum absolute atomic E-state index is 12.0. The summed E-state index contributed by atoms with van der Waals surface area (Å²) in [4.78, 5) is 35.6. The third kappa shape index (κ3) is 2.85. The minimum atomic E-state index is -0.367. The number of hydrogen-bond acceptors (Lipinski definition) is 5. The number of nitrogens with one attached hydrogen (secondary N) is 4. The fourth-order valence-corrected chi connectivity index (χ4v) is 2.33. The van der Waals surface area contributed by atoms with Gasteiger partial charge in [0.25, 0.3) is 11.1 Å². The molecule has 7 nitrogen and oxygen atoms in total. The Labute approximate surface area is 133 Å². The molecule has 0 atom stereocenters. The van der Waals surface area contributed by atoms with E-state index in [4.69, 9.17) is 24.4 Å². The van der Waals surface area contributed by atoms with Crippen LogP contribution in [-0.4, -0.2) is 24.9 Å². The van der Waals surface area contributed by atoms with E-state index in [1.165, 1.54) is 6.07 Å². The van der Waals surface area contributed by atoms with E-state index in [0.29, 0.717) is 16.7 Å². The number of benzene rings is 1. The van der Waals surface area contributed by atoms with Gasteiger partial charge in [0.05, 0.1) is 10.9 Å². The molecule has 3 aromatic rings. The summed E-state index contributed by atoms with van der Waals surface area (Å²) in [5.41, 5.74) is -0.123. The van der Waals surface area contributed by atoms with Crippen molar-refractivity contribution in [3.8, 4) is 0 Å². The van der Waals surface area contributed by atoms with E-state index in [1.54, 1.807) is 24.3 Å². The van der Waals surface area contributed by atoms with Gasteiger partial charge in [0.15, 0.2) is 10.6 Å². The molecule has 0 aliphatic heterocycles. The molecular formula is C13H9N5O2S2. The molecule has 2 heterocycles. The van der Waals surface area contributed by atoms with Gasteiger partial charge >= 0.3 is 0 Å². The van der Waals surface area contributed by atoms with E-state index in [2.05, 4.69) is 25.3 Å². The number of aromatic amines is 3. The first kappa shape index (κ1) is 14.3. The van der Waals surface area contributed by atoms with Crippen LogP contribution in [0.3, 0.4) is 0 Å². The SMILES string of the molecule is O=c1cc(NC(=S)c2nc3ccccc3c(=O)[nH]2)[nH]c(=S)[nH]1. The van der Waals surface area contributed by atoms with Gasteiger partial charge in [-0.1, -0.05) is 24.4 Å². The van der Waals surface area contributed by atoms with Gasteiger partial charge < -0.3 is 15.3 Å². The first-order valence-corrected chi connectivity index (χ1v) is 6.98. The zero-order valence-electron chi connectivity index (χ0n) is 11.0. The largest absolute Gasteiger partial charge is 0.330 e. The predicted molar refractivity (Wildman–Crippen MR) is 89.9 cm³/mol. The van der Waals surface area contributed by atoms with Crippen molar-refractivity contribution in [3.05, 3.63) is 61.6 Å². The smallest absolute Gasteiger partial charge is 0.259 e. The Morgan fingerprint density at radius 3 is 2.68 bits per heavy atom. The number of H-pyrrole nitrogens is 3. The van der Waals surface area contributed by atoms with Gasteiger partial charge in [-0.05, 0) is 24.4 Å². The van der Waals surface area contributed by atoms with Crippen LogP contribution in [0.4, 0.5) is 5.82 Å². The molecule has 22 heavy (non-hydrogen) atoms. The van der Waals surface area contributed by atoms with E-state index < -0.39 is 0 Å². The van der Waals surface area contributed by atoms with Crippen molar-refractivity contribution in [3.63, 3.8) is 0 Å². The zero-order chi connectivity index (χ0) is 15.7. The highest BCUT2D eigenvalue weighted by atomic mass is 32.1. The summed E-state index contributed by atoms with van der Waals surface area (Å²) in [6.45, 7) is 0. The molecule has 0 bridgehead atoms. The predicted octanol–water partition coefficient (Wildman–Crippen LogP) is 1.46. The highest BCUT2D eigenvalue weighted by Gasteiger charge is 2.08. The summed E-state index contributed by atoms with van der Waals surface area (Å²) in [5.74, 6) is 0.521. The van der Waals surface area contributed by atoms with Crippen LogP contribution < -0.4 is 16.4 Å². The Bertz CT molecular complexity index is 1020. The minimum absolute atomic E-state index is 0.165. The Morgan fingerprint density at radius 2 is 1.91 bits per heavy atom. The first-order chi connectivity index (χ1) is 10.5. The van der Waals surface area contributed by atoms with Crippen LogP contribution in [0, 0.1) is 4.77 Å².